The van der Waals surface area contributed by atoms with Crippen LogP contribution >= 0.6 is 0 Å². The molecule has 0 radical (unpaired) electrons. The molecule has 3 rings (SSSR count). The second-order valence-corrected chi connectivity index (χ2v) is 4.89. The summed E-state index contributed by atoms with van der Waals surface area (Å²) in [5.41, 5.74) is 9.12. The molecule has 2 aromatic rings. The van der Waals surface area contributed by atoms with Crippen molar-refractivity contribution in [2.75, 3.05) is 0 Å². The predicted octanol–water partition coefficient (Wildman–Crippen LogP) is 3.32. The van der Waals surface area contributed by atoms with Crippen LogP contribution in [0.25, 0.3) is 0 Å². The van der Waals surface area contributed by atoms with Gasteiger partial charge in [0.15, 0.2) is 0 Å². The topological polar surface area (TPSA) is 39.2 Å². The Balaban J connectivity index is 1.70. The number of rotatable bonds is 3. The highest BCUT2D eigenvalue weighted by Crippen LogP contribution is 2.40. The van der Waals surface area contributed by atoms with E-state index in [0.717, 1.165) is 24.4 Å². The third-order valence-electron chi connectivity index (χ3n) is 3.63. The van der Waals surface area contributed by atoms with Crippen LogP contribution in [0.5, 0.6) is 0 Å². The van der Waals surface area contributed by atoms with E-state index < -0.39 is 0 Å². The molecule has 0 bridgehead atoms. The van der Waals surface area contributed by atoms with Crippen LogP contribution < -0.4 is 5.73 Å². The summed E-state index contributed by atoms with van der Waals surface area (Å²) in [6.07, 6.45) is 2.13. The minimum atomic E-state index is 0.0158. The van der Waals surface area contributed by atoms with E-state index in [1.165, 1.54) is 11.1 Å². The minimum absolute atomic E-state index is 0.0158. The highest BCUT2D eigenvalue weighted by Gasteiger charge is 2.28. The summed E-state index contributed by atoms with van der Waals surface area (Å²) >= 11 is 0. The van der Waals surface area contributed by atoms with E-state index in [4.69, 9.17) is 10.2 Å². The molecule has 0 fully saturated rings. The molecule has 0 saturated carbocycles. The maximum absolute atomic E-state index is 6.18. The lowest BCUT2D eigenvalue weighted by atomic mass is 9.74. The van der Waals surface area contributed by atoms with E-state index in [2.05, 4.69) is 24.3 Å². The van der Waals surface area contributed by atoms with Gasteiger partial charge in [-0.3, -0.25) is 0 Å². The molecule has 2 heteroatoms. The molecule has 0 saturated heterocycles. The second-order valence-electron chi connectivity index (χ2n) is 4.89. The highest BCUT2D eigenvalue weighted by atomic mass is 16.3. The van der Waals surface area contributed by atoms with Crippen molar-refractivity contribution < 1.29 is 4.42 Å². The van der Waals surface area contributed by atoms with Gasteiger partial charge < -0.3 is 10.2 Å². The lowest BCUT2D eigenvalue weighted by molar-refractivity contribution is 0.404. The van der Waals surface area contributed by atoms with Crippen LogP contribution in [0.1, 0.15) is 41.0 Å². The zero-order valence-electron chi connectivity index (χ0n) is 10.0. The second kappa shape index (κ2) is 4.04. The molecule has 2 nitrogen and oxygen atoms in total. The van der Waals surface area contributed by atoms with Crippen molar-refractivity contribution in [3.8, 4) is 0 Å². The molecular weight excluding hydrogens is 210 g/mol. The number of hydrogen-bond donors (Lipinski definition) is 1. The maximum atomic E-state index is 6.18. The molecule has 1 aromatic carbocycles. The molecular formula is C15H17NO. The van der Waals surface area contributed by atoms with Gasteiger partial charge in [-0.1, -0.05) is 24.3 Å². The van der Waals surface area contributed by atoms with Crippen molar-refractivity contribution in [2.24, 2.45) is 5.73 Å². The van der Waals surface area contributed by atoms with Gasteiger partial charge in [-0.15, -0.1) is 0 Å². The first kappa shape index (κ1) is 10.6. The Labute approximate surface area is 101 Å². The molecule has 2 unspecified atom stereocenters. The van der Waals surface area contributed by atoms with Crippen LogP contribution in [-0.2, 0) is 6.42 Å². The van der Waals surface area contributed by atoms with Gasteiger partial charge in [-0.2, -0.15) is 0 Å². The van der Waals surface area contributed by atoms with E-state index in [9.17, 15) is 0 Å². The van der Waals surface area contributed by atoms with E-state index in [1.807, 2.05) is 19.1 Å². The standard InChI is InChI=1S/C15H17NO/c1-10-6-7-15(17-10)14(16)9-12-8-11-4-2-3-5-13(11)12/h2-7,12,14H,8-9,16H2,1H3. The van der Waals surface area contributed by atoms with Gasteiger partial charge in [0.2, 0.25) is 0 Å². The summed E-state index contributed by atoms with van der Waals surface area (Å²) in [6, 6.07) is 12.6. The Morgan fingerprint density at radius 3 is 2.82 bits per heavy atom. The number of furan rings is 1. The first-order valence-corrected chi connectivity index (χ1v) is 6.14. The third-order valence-corrected chi connectivity index (χ3v) is 3.63. The average Bonchev–Trinajstić information content (AvgIpc) is 2.73. The van der Waals surface area contributed by atoms with E-state index >= 15 is 0 Å². The average molecular weight is 227 g/mol. The quantitative estimate of drug-likeness (QED) is 0.873. The largest absolute Gasteiger partial charge is 0.465 e. The van der Waals surface area contributed by atoms with Gasteiger partial charge in [0.1, 0.15) is 11.5 Å². The van der Waals surface area contributed by atoms with Crippen molar-refractivity contribution in [3.05, 3.63) is 59.0 Å². The zero-order valence-corrected chi connectivity index (χ0v) is 10.0. The summed E-state index contributed by atoms with van der Waals surface area (Å²) < 4.78 is 5.58. The molecule has 0 amide bonds. The fourth-order valence-electron chi connectivity index (χ4n) is 2.65. The van der Waals surface area contributed by atoms with Crippen LogP contribution in [0.3, 0.4) is 0 Å². The molecule has 0 aliphatic heterocycles. The minimum Gasteiger partial charge on any atom is -0.465 e. The van der Waals surface area contributed by atoms with Crippen LogP contribution in [-0.4, -0.2) is 0 Å². The highest BCUT2D eigenvalue weighted by molar-refractivity contribution is 5.40. The number of nitrogens with two attached hydrogens (primary N) is 1. The summed E-state index contributed by atoms with van der Waals surface area (Å²) in [4.78, 5) is 0. The molecule has 1 heterocycles. The number of fused-ring (bicyclic) bond motifs is 1. The van der Waals surface area contributed by atoms with Gasteiger partial charge in [0, 0.05) is 0 Å². The van der Waals surface area contributed by atoms with Crippen molar-refractivity contribution in [1.82, 2.24) is 0 Å². The number of aryl methyl sites for hydroxylation is 1. The van der Waals surface area contributed by atoms with Crippen molar-refractivity contribution in [1.29, 1.82) is 0 Å². The Morgan fingerprint density at radius 1 is 1.29 bits per heavy atom. The Morgan fingerprint density at radius 2 is 2.12 bits per heavy atom. The number of hydrogen-bond acceptors (Lipinski definition) is 2. The molecule has 17 heavy (non-hydrogen) atoms. The maximum Gasteiger partial charge on any atom is 0.120 e. The molecule has 1 aromatic heterocycles. The molecule has 88 valence electrons. The van der Waals surface area contributed by atoms with Gasteiger partial charge in [-0.05, 0) is 48.9 Å². The van der Waals surface area contributed by atoms with Crippen molar-refractivity contribution in [3.63, 3.8) is 0 Å². The fraction of sp³-hybridized carbons (Fsp3) is 0.333. The van der Waals surface area contributed by atoms with E-state index in [-0.39, 0.29) is 6.04 Å². The molecule has 2 N–H and O–H groups in total. The summed E-state index contributed by atoms with van der Waals surface area (Å²) in [7, 11) is 0. The first-order chi connectivity index (χ1) is 8.24. The van der Waals surface area contributed by atoms with Crippen molar-refractivity contribution >= 4 is 0 Å². The van der Waals surface area contributed by atoms with Crippen LogP contribution in [0.15, 0.2) is 40.8 Å². The Bertz CT molecular complexity index is 529. The number of benzene rings is 1. The molecule has 1 aliphatic rings. The SMILES string of the molecule is Cc1ccc(C(N)CC2Cc3ccccc32)o1. The fourth-order valence-corrected chi connectivity index (χ4v) is 2.65. The molecule has 2 atom stereocenters. The van der Waals surface area contributed by atoms with Gasteiger partial charge >= 0.3 is 0 Å². The van der Waals surface area contributed by atoms with Crippen LogP contribution in [0, 0.1) is 6.92 Å². The van der Waals surface area contributed by atoms with E-state index in [1.54, 1.807) is 0 Å². The van der Waals surface area contributed by atoms with Crippen LogP contribution in [0.2, 0.25) is 0 Å². The smallest absolute Gasteiger partial charge is 0.120 e. The lowest BCUT2D eigenvalue weighted by Crippen LogP contribution is -2.22. The Kier molecular flexibility index (Phi) is 2.52. The van der Waals surface area contributed by atoms with Crippen LogP contribution in [0.4, 0.5) is 0 Å². The monoisotopic (exact) mass is 227 g/mol. The van der Waals surface area contributed by atoms with E-state index in [0.29, 0.717) is 5.92 Å². The molecule has 1 aliphatic carbocycles. The summed E-state index contributed by atoms with van der Waals surface area (Å²) in [5, 5.41) is 0. The predicted molar refractivity (Wildman–Crippen MR) is 67.9 cm³/mol. The van der Waals surface area contributed by atoms with Crippen molar-refractivity contribution in [2.45, 2.75) is 31.7 Å². The normalized spacial score (nSPS) is 19.5. The Hall–Kier alpha value is -1.54. The third kappa shape index (κ3) is 1.89. The van der Waals surface area contributed by atoms with Gasteiger partial charge in [-0.25, -0.2) is 0 Å². The summed E-state index contributed by atoms with van der Waals surface area (Å²) in [5.74, 6) is 2.45. The van der Waals surface area contributed by atoms with Gasteiger partial charge in [0.25, 0.3) is 0 Å². The zero-order chi connectivity index (χ0) is 11.8. The lowest BCUT2D eigenvalue weighted by Gasteiger charge is -2.31. The summed E-state index contributed by atoms with van der Waals surface area (Å²) in [6.45, 7) is 1.95. The van der Waals surface area contributed by atoms with Gasteiger partial charge in [0.05, 0.1) is 6.04 Å². The first-order valence-electron chi connectivity index (χ1n) is 6.14. The molecule has 0 spiro atoms.